The molecule has 1 N–H and O–H groups in total. The lowest BCUT2D eigenvalue weighted by molar-refractivity contribution is -0.118. The van der Waals surface area contributed by atoms with E-state index in [1.807, 2.05) is 19.1 Å². The van der Waals surface area contributed by atoms with Crippen LogP contribution in [0.3, 0.4) is 0 Å². The molecule has 0 fully saturated rings. The van der Waals surface area contributed by atoms with Gasteiger partial charge in [0.1, 0.15) is 0 Å². The van der Waals surface area contributed by atoms with Crippen molar-refractivity contribution in [1.29, 1.82) is 0 Å². The van der Waals surface area contributed by atoms with Gasteiger partial charge in [0.15, 0.2) is 0 Å². The first-order chi connectivity index (χ1) is 6.22. The van der Waals surface area contributed by atoms with Crippen molar-refractivity contribution in [1.82, 2.24) is 10.3 Å². The van der Waals surface area contributed by atoms with Crippen LogP contribution in [-0.2, 0) is 11.3 Å². The highest BCUT2D eigenvalue weighted by atomic mass is 32.1. The van der Waals surface area contributed by atoms with Gasteiger partial charge in [0.25, 0.3) is 0 Å². The zero-order valence-corrected chi connectivity index (χ0v) is 8.34. The lowest BCUT2D eigenvalue weighted by atomic mass is 10.2. The smallest absolute Gasteiger partial charge is 0.230 e. The normalized spacial score (nSPS) is 9.69. The van der Waals surface area contributed by atoms with E-state index in [4.69, 9.17) is 0 Å². The van der Waals surface area contributed by atoms with Crippen molar-refractivity contribution in [2.75, 3.05) is 5.75 Å². The van der Waals surface area contributed by atoms with Crippen molar-refractivity contribution < 1.29 is 4.79 Å². The van der Waals surface area contributed by atoms with Gasteiger partial charge in [-0.3, -0.25) is 9.78 Å². The van der Waals surface area contributed by atoms with Crippen LogP contribution in [-0.4, -0.2) is 16.6 Å². The Morgan fingerprint density at radius 3 is 3.08 bits per heavy atom. The minimum Gasteiger partial charge on any atom is -0.350 e. The Morgan fingerprint density at radius 1 is 1.69 bits per heavy atom. The Balaban J connectivity index is 2.50. The van der Waals surface area contributed by atoms with E-state index in [9.17, 15) is 4.79 Å². The first-order valence-corrected chi connectivity index (χ1v) is 4.64. The number of rotatable bonds is 3. The second-order valence-electron chi connectivity index (χ2n) is 2.76. The molecule has 1 aromatic heterocycles. The minimum atomic E-state index is -0.0772. The van der Waals surface area contributed by atoms with Crippen molar-refractivity contribution in [3.05, 3.63) is 29.6 Å². The molecule has 0 aromatic carbocycles. The van der Waals surface area contributed by atoms with Gasteiger partial charge in [-0.05, 0) is 24.6 Å². The Kier molecular flexibility index (Phi) is 3.76. The second kappa shape index (κ2) is 4.87. The number of hydrogen-bond acceptors (Lipinski definition) is 3. The van der Waals surface area contributed by atoms with Gasteiger partial charge in [-0.1, -0.05) is 0 Å². The molecule has 1 amide bonds. The summed E-state index contributed by atoms with van der Waals surface area (Å²) in [5.41, 5.74) is 2.01. The van der Waals surface area contributed by atoms with Gasteiger partial charge in [0.2, 0.25) is 5.91 Å². The molecule has 0 radical (unpaired) electrons. The summed E-state index contributed by atoms with van der Waals surface area (Å²) in [5, 5.41) is 2.70. The molecule has 13 heavy (non-hydrogen) atoms. The van der Waals surface area contributed by atoms with E-state index < -0.39 is 0 Å². The SMILES string of the molecule is Cc1ccnc(CNC(=O)CS)c1. The molecular weight excluding hydrogens is 184 g/mol. The lowest BCUT2D eigenvalue weighted by Gasteiger charge is -2.02. The Labute approximate surface area is 83.0 Å². The second-order valence-corrected chi connectivity index (χ2v) is 3.08. The van der Waals surface area contributed by atoms with Crippen LogP contribution >= 0.6 is 12.6 Å². The monoisotopic (exact) mass is 196 g/mol. The molecule has 1 rings (SSSR count). The van der Waals surface area contributed by atoms with Crippen LogP contribution in [0.2, 0.25) is 0 Å². The van der Waals surface area contributed by atoms with Crippen LogP contribution in [0, 0.1) is 6.92 Å². The molecule has 3 nitrogen and oxygen atoms in total. The van der Waals surface area contributed by atoms with Crippen LogP contribution in [0.1, 0.15) is 11.3 Å². The van der Waals surface area contributed by atoms with Crippen molar-refractivity contribution in [3.63, 3.8) is 0 Å². The third-order valence-corrected chi connectivity index (χ3v) is 1.87. The molecule has 0 bridgehead atoms. The molecule has 0 atom stereocenters. The number of amides is 1. The van der Waals surface area contributed by atoms with E-state index in [0.717, 1.165) is 11.3 Å². The van der Waals surface area contributed by atoms with Gasteiger partial charge in [0.05, 0.1) is 18.0 Å². The molecule has 1 heterocycles. The molecule has 0 unspecified atom stereocenters. The van der Waals surface area contributed by atoms with Gasteiger partial charge in [0, 0.05) is 6.20 Å². The van der Waals surface area contributed by atoms with Gasteiger partial charge in [-0.25, -0.2) is 0 Å². The first-order valence-electron chi connectivity index (χ1n) is 4.01. The Bertz CT molecular complexity index is 301. The van der Waals surface area contributed by atoms with Gasteiger partial charge in [-0.2, -0.15) is 12.6 Å². The number of hydrogen-bond donors (Lipinski definition) is 2. The van der Waals surface area contributed by atoms with Gasteiger partial charge >= 0.3 is 0 Å². The molecule has 0 spiro atoms. The lowest BCUT2D eigenvalue weighted by Crippen LogP contribution is -2.24. The van der Waals surface area contributed by atoms with E-state index in [0.29, 0.717) is 6.54 Å². The van der Waals surface area contributed by atoms with Crippen molar-refractivity contribution in [2.45, 2.75) is 13.5 Å². The fourth-order valence-electron chi connectivity index (χ4n) is 0.940. The zero-order valence-electron chi connectivity index (χ0n) is 7.45. The minimum absolute atomic E-state index is 0.0772. The highest BCUT2D eigenvalue weighted by Crippen LogP contribution is 1.98. The largest absolute Gasteiger partial charge is 0.350 e. The molecule has 0 aliphatic rings. The summed E-state index contributed by atoms with van der Waals surface area (Å²) in [6.07, 6.45) is 1.73. The average molecular weight is 196 g/mol. The Hall–Kier alpha value is -1.03. The molecule has 1 aromatic rings. The number of pyridine rings is 1. The molecule has 0 saturated carbocycles. The average Bonchev–Trinajstić information content (AvgIpc) is 2.14. The van der Waals surface area contributed by atoms with Crippen LogP contribution in [0.15, 0.2) is 18.3 Å². The molecule has 4 heteroatoms. The maximum Gasteiger partial charge on any atom is 0.230 e. The third-order valence-electron chi connectivity index (χ3n) is 1.58. The summed E-state index contributed by atoms with van der Waals surface area (Å²) in [6.45, 7) is 2.46. The molecular formula is C9H12N2OS. The molecule has 70 valence electrons. The molecule has 0 aliphatic carbocycles. The van der Waals surface area contributed by atoms with Crippen molar-refractivity contribution in [3.8, 4) is 0 Å². The van der Waals surface area contributed by atoms with E-state index in [1.165, 1.54) is 0 Å². The van der Waals surface area contributed by atoms with E-state index in [2.05, 4.69) is 22.9 Å². The summed E-state index contributed by atoms with van der Waals surface area (Å²) in [7, 11) is 0. The summed E-state index contributed by atoms with van der Waals surface area (Å²) < 4.78 is 0. The maximum atomic E-state index is 10.9. The standard InChI is InChI=1S/C9H12N2OS/c1-7-2-3-10-8(4-7)5-11-9(12)6-13/h2-4,13H,5-6H2,1H3,(H,11,12). The fraction of sp³-hybridized carbons (Fsp3) is 0.333. The predicted molar refractivity (Wildman–Crippen MR) is 54.7 cm³/mol. The van der Waals surface area contributed by atoms with E-state index in [-0.39, 0.29) is 11.7 Å². The van der Waals surface area contributed by atoms with E-state index in [1.54, 1.807) is 6.20 Å². The number of nitrogens with one attached hydrogen (secondary N) is 1. The fourth-order valence-corrected chi connectivity index (χ4v) is 1.05. The van der Waals surface area contributed by atoms with Gasteiger partial charge in [-0.15, -0.1) is 0 Å². The van der Waals surface area contributed by atoms with Crippen molar-refractivity contribution >= 4 is 18.5 Å². The van der Waals surface area contributed by atoms with Crippen LogP contribution < -0.4 is 5.32 Å². The number of aromatic nitrogens is 1. The van der Waals surface area contributed by atoms with Crippen LogP contribution in [0.25, 0.3) is 0 Å². The maximum absolute atomic E-state index is 10.9. The molecule has 0 aliphatic heterocycles. The number of carbonyl (C=O) groups is 1. The number of nitrogens with zero attached hydrogens (tertiary/aromatic N) is 1. The predicted octanol–water partition coefficient (Wildman–Crippen LogP) is 0.936. The van der Waals surface area contributed by atoms with E-state index >= 15 is 0 Å². The first kappa shape index (κ1) is 10.1. The highest BCUT2D eigenvalue weighted by Gasteiger charge is 1.98. The Morgan fingerprint density at radius 2 is 2.46 bits per heavy atom. The third kappa shape index (κ3) is 3.46. The topological polar surface area (TPSA) is 42.0 Å². The van der Waals surface area contributed by atoms with Gasteiger partial charge < -0.3 is 5.32 Å². The number of carbonyl (C=O) groups excluding carboxylic acids is 1. The zero-order chi connectivity index (χ0) is 9.68. The van der Waals surface area contributed by atoms with Crippen LogP contribution in [0.4, 0.5) is 0 Å². The quantitative estimate of drug-likeness (QED) is 0.706. The molecule has 0 saturated heterocycles. The summed E-state index contributed by atoms with van der Waals surface area (Å²) in [4.78, 5) is 15.0. The summed E-state index contributed by atoms with van der Waals surface area (Å²) >= 11 is 3.85. The summed E-state index contributed by atoms with van der Waals surface area (Å²) in [6, 6.07) is 3.86. The van der Waals surface area contributed by atoms with Crippen LogP contribution in [0.5, 0.6) is 0 Å². The summed E-state index contributed by atoms with van der Waals surface area (Å²) in [5.74, 6) is 0.137. The van der Waals surface area contributed by atoms with Crippen molar-refractivity contribution in [2.24, 2.45) is 0 Å². The number of thiol groups is 1. The number of aryl methyl sites for hydroxylation is 1. The highest BCUT2D eigenvalue weighted by molar-refractivity contribution is 7.81.